The highest BCUT2D eigenvalue weighted by molar-refractivity contribution is 6.33. The minimum absolute atomic E-state index is 0.327. The van der Waals surface area contributed by atoms with E-state index in [1.54, 1.807) is 0 Å². The van der Waals surface area contributed by atoms with E-state index in [-0.39, 0.29) is 5.92 Å². The van der Waals surface area contributed by atoms with E-state index in [0.29, 0.717) is 0 Å². The first-order valence-corrected chi connectivity index (χ1v) is 9.96. The van der Waals surface area contributed by atoms with Crippen LogP contribution in [0.1, 0.15) is 28.2 Å². The normalized spacial score (nSPS) is 11.4. The molecule has 0 bridgehead atoms. The molecule has 0 heterocycles. The van der Waals surface area contributed by atoms with Crippen LogP contribution in [0.4, 0.5) is 0 Å². The molecule has 0 aliphatic heterocycles. The Hall–Kier alpha value is -3.18. The highest BCUT2D eigenvalue weighted by atomic mass is 16.6. The van der Waals surface area contributed by atoms with E-state index in [1.807, 2.05) is 121 Å². The minimum atomic E-state index is -1.96. The second kappa shape index (κ2) is 9.10. The van der Waals surface area contributed by atoms with Gasteiger partial charge in [0.1, 0.15) is 5.60 Å². The monoisotopic (exact) mass is 394 g/mol. The summed E-state index contributed by atoms with van der Waals surface area (Å²) < 4.78 is 6.09. The molecule has 4 aromatic rings. The van der Waals surface area contributed by atoms with Crippen molar-refractivity contribution in [1.82, 2.24) is 0 Å². The first-order chi connectivity index (χ1) is 14.7. The van der Waals surface area contributed by atoms with Crippen molar-refractivity contribution in [3.63, 3.8) is 0 Å². The smallest absolute Gasteiger partial charge is 0.402 e. The molecular formula is C26H23BO3. The summed E-state index contributed by atoms with van der Waals surface area (Å²) in [5, 5.41) is 20.2. The molecule has 4 aromatic carbocycles. The Bertz CT molecular complexity index is 960. The lowest BCUT2D eigenvalue weighted by Gasteiger charge is -2.42. The van der Waals surface area contributed by atoms with Crippen molar-refractivity contribution in [2.75, 3.05) is 0 Å². The number of rotatable bonds is 7. The molecule has 2 N–H and O–H groups in total. The Kier molecular flexibility index (Phi) is 6.10. The second-order valence-electron chi connectivity index (χ2n) is 7.17. The van der Waals surface area contributed by atoms with Gasteiger partial charge in [-0.1, -0.05) is 121 Å². The Balaban J connectivity index is 2.08. The van der Waals surface area contributed by atoms with Gasteiger partial charge in [-0.05, 0) is 22.3 Å². The van der Waals surface area contributed by atoms with Gasteiger partial charge in [-0.15, -0.1) is 0 Å². The summed E-state index contributed by atoms with van der Waals surface area (Å²) in [5.74, 6) is -0.327. The van der Waals surface area contributed by atoms with Gasteiger partial charge in [0, 0.05) is 5.92 Å². The van der Waals surface area contributed by atoms with Gasteiger partial charge in [0.2, 0.25) is 0 Å². The first kappa shape index (κ1) is 20.1. The van der Waals surface area contributed by atoms with Gasteiger partial charge in [0.15, 0.2) is 0 Å². The van der Waals surface area contributed by atoms with Gasteiger partial charge in [-0.3, -0.25) is 0 Å². The van der Waals surface area contributed by atoms with Crippen molar-refractivity contribution in [3.8, 4) is 0 Å². The highest BCUT2D eigenvalue weighted by Crippen LogP contribution is 2.49. The van der Waals surface area contributed by atoms with Crippen molar-refractivity contribution in [2.24, 2.45) is 0 Å². The lowest BCUT2D eigenvalue weighted by molar-refractivity contribution is 0.0355. The molecule has 0 saturated carbocycles. The Morgan fingerprint density at radius 1 is 0.533 bits per heavy atom. The molecule has 0 amide bonds. The fraction of sp³-hybridized carbons (Fsp3) is 0.0769. The lowest BCUT2D eigenvalue weighted by atomic mass is 9.69. The maximum atomic E-state index is 10.1. The fourth-order valence-corrected chi connectivity index (χ4v) is 4.19. The summed E-state index contributed by atoms with van der Waals surface area (Å²) in [6, 6.07) is 39.6. The van der Waals surface area contributed by atoms with Crippen LogP contribution < -0.4 is 0 Å². The van der Waals surface area contributed by atoms with Crippen molar-refractivity contribution >= 4 is 7.32 Å². The molecule has 0 saturated heterocycles. The summed E-state index contributed by atoms with van der Waals surface area (Å²) in [6.45, 7) is 0. The molecule has 148 valence electrons. The third-order valence-corrected chi connectivity index (χ3v) is 5.37. The van der Waals surface area contributed by atoms with E-state index >= 15 is 0 Å². The van der Waals surface area contributed by atoms with Crippen molar-refractivity contribution in [1.29, 1.82) is 0 Å². The third-order valence-electron chi connectivity index (χ3n) is 5.37. The predicted molar refractivity (Wildman–Crippen MR) is 120 cm³/mol. The zero-order valence-corrected chi connectivity index (χ0v) is 16.5. The maximum Gasteiger partial charge on any atom is 0.634 e. The summed E-state index contributed by atoms with van der Waals surface area (Å²) in [5.41, 5.74) is 2.53. The molecule has 30 heavy (non-hydrogen) atoms. The molecular weight excluding hydrogens is 371 g/mol. The Morgan fingerprint density at radius 3 is 1.20 bits per heavy atom. The highest BCUT2D eigenvalue weighted by Gasteiger charge is 2.47. The average Bonchev–Trinajstić information content (AvgIpc) is 2.81. The van der Waals surface area contributed by atoms with E-state index < -0.39 is 12.9 Å². The van der Waals surface area contributed by atoms with Crippen LogP contribution in [0.3, 0.4) is 0 Å². The Labute approximate surface area is 177 Å². The number of benzene rings is 4. The summed E-state index contributed by atoms with van der Waals surface area (Å²) in [4.78, 5) is 0. The lowest BCUT2D eigenvalue weighted by Crippen LogP contribution is -2.43. The van der Waals surface area contributed by atoms with E-state index in [2.05, 4.69) is 0 Å². The van der Waals surface area contributed by atoms with E-state index in [4.69, 9.17) is 4.65 Å². The molecule has 0 aliphatic carbocycles. The van der Waals surface area contributed by atoms with Gasteiger partial charge in [0.05, 0.1) is 0 Å². The molecule has 0 atom stereocenters. The molecule has 0 unspecified atom stereocenters. The van der Waals surface area contributed by atoms with Crippen molar-refractivity contribution in [3.05, 3.63) is 144 Å². The number of hydrogen-bond acceptors (Lipinski definition) is 3. The van der Waals surface area contributed by atoms with Crippen molar-refractivity contribution < 1.29 is 14.7 Å². The van der Waals surface area contributed by atoms with E-state index in [9.17, 15) is 10.0 Å². The topological polar surface area (TPSA) is 49.7 Å². The SMILES string of the molecule is OB(O)OC(c1ccccc1)(c1ccccc1)C(c1ccccc1)c1ccccc1. The van der Waals surface area contributed by atoms with Crippen LogP contribution in [0.2, 0.25) is 0 Å². The maximum absolute atomic E-state index is 10.1. The van der Waals surface area contributed by atoms with Gasteiger partial charge in [-0.25, -0.2) is 0 Å². The van der Waals surface area contributed by atoms with Gasteiger partial charge in [0.25, 0.3) is 0 Å². The molecule has 4 heteroatoms. The van der Waals surface area contributed by atoms with Gasteiger partial charge < -0.3 is 14.7 Å². The van der Waals surface area contributed by atoms with Gasteiger partial charge >= 0.3 is 7.32 Å². The standard InChI is InChI=1S/C26H23BO3/c28-27(29)30-26(23-17-9-3-10-18-23,24-19-11-4-12-20-24)25(21-13-5-1-6-14-21)22-15-7-2-8-16-22/h1-20,25,28-29H. The third kappa shape index (κ3) is 3.94. The average molecular weight is 394 g/mol. The summed E-state index contributed by atoms with van der Waals surface area (Å²) in [6.07, 6.45) is 0. The molecule has 0 spiro atoms. The van der Waals surface area contributed by atoms with Crippen LogP contribution in [0, 0.1) is 0 Å². The Morgan fingerprint density at radius 2 is 0.867 bits per heavy atom. The zero-order valence-electron chi connectivity index (χ0n) is 16.5. The molecule has 0 aromatic heterocycles. The quantitative estimate of drug-likeness (QED) is 0.445. The predicted octanol–water partition coefficient (Wildman–Crippen LogP) is 4.75. The summed E-state index contributed by atoms with van der Waals surface area (Å²) in [7, 11) is -1.96. The molecule has 0 radical (unpaired) electrons. The molecule has 0 aliphatic rings. The van der Waals surface area contributed by atoms with Crippen LogP contribution in [0.5, 0.6) is 0 Å². The molecule has 4 rings (SSSR count). The summed E-state index contributed by atoms with van der Waals surface area (Å²) >= 11 is 0. The van der Waals surface area contributed by atoms with Crippen LogP contribution in [0.15, 0.2) is 121 Å². The van der Waals surface area contributed by atoms with Crippen molar-refractivity contribution in [2.45, 2.75) is 11.5 Å². The largest absolute Gasteiger partial charge is 0.634 e. The van der Waals surface area contributed by atoms with Crippen LogP contribution in [-0.2, 0) is 10.3 Å². The van der Waals surface area contributed by atoms with Crippen LogP contribution in [0.25, 0.3) is 0 Å². The van der Waals surface area contributed by atoms with Crippen LogP contribution in [-0.4, -0.2) is 17.4 Å². The molecule has 0 fully saturated rings. The number of hydrogen-bond donors (Lipinski definition) is 2. The second-order valence-corrected chi connectivity index (χ2v) is 7.17. The zero-order chi connectivity index (χ0) is 20.8. The minimum Gasteiger partial charge on any atom is -0.402 e. The first-order valence-electron chi connectivity index (χ1n) is 9.96. The van der Waals surface area contributed by atoms with E-state index in [1.165, 1.54) is 0 Å². The molecule has 3 nitrogen and oxygen atoms in total. The van der Waals surface area contributed by atoms with Gasteiger partial charge in [-0.2, -0.15) is 0 Å². The van der Waals surface area contributed by atoms with Crippen LogP contribution >= 0.6 is 0 Å². The fourth-order valence-electron chi connectivity index (χ4n) is 4.19. The van der Waals surface area contributed by atoms with E-state index in [0.717, 1.165) is 22.3 Å².